The molecule has 7 nitrogen and oxygen atoms in total. The highest BCUT2D eigenvalue weighted by Crippen LogP contribution is 2.30. The van der Waals surface area contributed by atoms with Gasteiger partial charge in [-0.25, -0.2) is 4.79 Å². The zero-order chi connectivity index (χ0) is 23.4. The van der Waals surface area contributed by atoms with Crippen LogP contribution in [-0.4, -0.2) is 34.6 Å². The summed E-state index contributed by atoms with van der Waals surface area (Å²) in [7, 11) is 0. The average molecular weight is 458 g/mol. The number of rotatable bonds is 5. The van der Waals surface area contributed by atoms with E-state index >= 15 is 0 Å². The number of carbonyl (C=O) groups is 2. The first-order valence-electron chi connectivity index (χ1n) is 10.3. The molecule has 0 saturated carbocycles. The fraction of sp³-hybridized carbons (Fsp3) is 0.261. The van der Waals surface area contributed by atoms with E-state index in [1.54, 1.807) is 12.1 Å². The van der Waals surface area contributed by atoms with Crippen molar-refractivity contribution in [2.45, 2.75) is 31.6 Å². The van der Waals surface area contributed by atoms with Gasteiger partial charge < -0.3 is 14.7 Å². The maximum absolute atomic E-state index is 13.0. The van der Waals surface area contributed by atoms with Crippen molar-refractivity contribution in [1.82, 2.24) is 15.4 Å². The Morgan fingerprint density at radius 2 is 1.91 bits per heavy atom. The molecule has 3 aromatic rings. The molecule has 3 amide bonds. The van der Waals surface area contributed by atoms with E-state index in [1.807, 2.05) is 30.3 Å². The number of hydrogen-bond acceptors (Lipinski definition) is 4. The van der Waals surface area contributed by atoms with Crippen molar-refractivity contribution < 1.29 is 27.3 Å². The predicted octanol–water partition coefficient (Wildman–Crippen LogP) is 4.67. The van der Waals surface area contributed by atoms with Crippen molar-refractivity contribution in [3.8, 4) is 11.3 Å². The molecule has 1 aromatic heterocycles. The molecule has 1 aliphatic rings. The smallest absolute Gasteiger partial charge is 0.354 e. The second-order valence-electron chi connectivity index (χ2n) is 7.69. The molecule has 172 valence electrons. The molecule has 0 bridgehead atoms. The summed E-state index contributed by atoms with van der Waals surface area (Å²) in [6.45, 7) is 0.435. The molecule has 1 aliphatic heterocycles. The SMILES string of the molecule is O=C(Nc1cc(-c2ccccc2)on1)NC1CCCN(Cc2cccc(C(F)(F)F)c2)C1=O. The molecule has 10 heteroatoms. The number of nitrogens with one attached hydrogen (secondary N) is 2. The van der Waals surface area contributed by atoms with Gasteiger partial charge in [0.15, 0.2) is 11.6 Å². The lowest BCUT2D eigenvalue weighted by Gasteiger charge is -2.32. The summed E-state index contributed by atoms with van der Waals surface area (Å²) >= 11 is 0. The summed E-state index contributed by atoms with van der Waals surface area (Å²) in [5.74, 6) is 0.321. The van der Waals surface area contributed by atoms with Crippen molar-refractivity contribution >= 4 is 17.8 Å². The topological polar surface area (TPSA) is 87.5 Å². The van der Waals surface area contributed by atoms with Gasteiger partial charge in [0, 0.05) is 24.7 Å². The number of amides is 3. The maximum Gasteiger partial charge on any atom is 0.416 e. The Hall–Kier alpha value is -3.82. The third kappa shape index (κ3) is 5.51. The predicted molar refractivity (Wildman–Crippen MR) is 114 cm³/mol. The van der Waals surface area contributed by atoms with Crippen LogP contribution >= 0.6 is 0 Å². The van der Waals surface area contributed by atoms with Crippen LogP contribution in [0.2, 0.25) is 0 Å². The third-order valence-corrected chi connectivity index (χ3v) is 5.27. The van der Waals surface area contributed by atoms with E-state index in [2.05, 4.69) is 15.8 Å². The lowest BCUT2D eigenvalue weighted by atomic mass is 10.0. The van der Waals surface area contributed by atoms with E-state index in [1.165, 1.54) is 11.0 Å². The van der Waals surface area contributed by atoms with Gasteiger partial charge in [-0.1, -0.05) is 47.6 Å². The van der Waals surface area contributed by atoms with E-state index in [4.69, 9.17) is 4.52 Å². The van der Waals surface area contributed by atoms with Gasteiger partial charge in [-0.3, -0.25) is 10.1 Å². The Labute approximate surface area is 187 Å². The normalized spacial score (nSPS) is 16.5. The molecule has 1 saturated heterocycles. The number of hydrogen-bond donors (Lipinski definition) is 2. The van der Waals surface area contributed by atoms with Crippen LogP contribution in [0.3, 0.4) is 0 Å². The highest BCUT2D eigenvalue weighted by Gasteiger charge is 2.32. The van der Waals surface area contributed by atoms with Gasteiger partial charge in [0.25, 0.3) is 0 Å². The number of halogens is 3. The quantitative estimate of drug-likeness (QED) is 0.582. The molecule has 4 rings (SSSR count). The monoisotopic (exact) mass is 458 g/mol. The highest BCUT2D eigenvalue weighted by molar-refractivity contribution is 5.93. The summed E-state index contributed by atoms with van der Waals surface area (Å²) in [6.07, 6.45) is -3.41. The van der Waals surface area contributed by atoms with Gasteiger partial charge in [0.1, 0.15) is 6.04 Å². The van der Waals surface area contributed by atoms with Crippen molar-refractivity contribution in [3.05, 3.63) is 71.8 Å². The Bertz CT molecular complexity index is 1130. The molecule has 0 aliphatic carbocycles. The average Bonchev–Trinajstić information content (AvgIpc) is 3.25. The van der Waals surface area contributed by atoms with Crippen molar-refractivity contribution in [3.63, 3.8) is 0 Å². The first-order valence-corrected chi connectivity index (χ1v) is 10.3. The minimum atomic E-state index is -4.45. The highest BCUT2D eigenvalue weighted by atomic mass is 19.4. The van der Waals surface area contributed by atoms with Crippen LogP contribution in [0.15, 0.2) is 65.2 Å². The molecule has 1 atom stereocenters. The minimum absolute atomic E-state index is 0.0340. The van der Waals surface area contributed by atoms with E-state index in [0.29, 0.717) is 30.7 Å². The van der Waals surface area contributed by atoms with Gasteiger partial charge in [0.2, 0.25) is 5.91 Å². The van der Waals surface area contributed by atoms with Gasteiger partial charge in [-0.2, -0.15) is 13.2 Å². The van der Waals surface area contributed by atoms with Crippen molar-refractivity contribution in [2.75, 3.05) is 11.9 Å². The molecule has 0 spiro atoms. The molecule has 2 aromatic carbocycles. The fourth-order valence-corrected chi connectivity index (χ4v) is 3.68. The molecule has 33 heavy (non-hydrogen) atoms. The second kappa shape index (κ2) is 9.35. The largest absolute Gasteiger partial charge is 0.416 e. The number of likely N-dealkylation sites (tertiary alicyclic amines) is 1. The van der Waals surface area contributed by atoms with Crippen LogP contribution in [0.5, 0.6) is 0 Å². The Balaban J connectivity index is 1.36. The zero-order valence-electron chi connectivity index (χ0n) is 17.4. The fourth-order valence-electron chi connectivity index (χ4n) is 3.68. The first-order chi connectivity index (χ1) is 15.8. The summed E-state index contributed by atoms with van der Waals surface area (Å²) in [4.78, 5) is 26.7. The Morgan fingerprint density at radius 3 is 2.67 bits per heavy atom. The summed E-state index contributed by atoms with van der Waals surface area (Å²) in [5, 5.41) is 8.96. The summed E-state index contributed by atoms with van der Waals surface area (Å²) in [6, 6.07) is 14.3. The molecule has 1 unspecified atom stereocenters. The molecular formula is C23H21F3N4O3. The Kier molecular flexibility index (Phi) is 6.34. The van der Waals surface area contributed by atoms with Crippen LogP contribution in [0.4, 0.5) is 23.8 Å². The van der Waals surface area contributed by atoms with Gasteiger partial charge in [-0.05, 0) is 30.5 Å². The number of anilines is 1. The van der Waals surface area contributed by atoms with Gasteiger partial charge in [-0.15, -0.1) is 0 Å². The lowest BCUT2D eigenvalue weighted by Crippen LogP contribution is -2.52. The number of piperidine rings is 1. The van der Waals surface area contributed by atoms with Gasteiger partial charge in [0.05, 0.1) is 5.56 Å². The van der Waals surface area contributed by atoms with E-state index in [9.17, 15) is 22.8 Å². The molecule has 2 N–H and O–H groups in total. The van der Waals surface area contributed by atoms with Crippen LogP contribution in [0.25, 0.3) is 11.3 Å². The van der Waals surface area contributed by atoms with Crippen molar-refractivity contribution in [2.24, 2.45) is 0 Å². The zero-order valence-corrected chi connectivity index (χ0v) is 17.4. The van der Waals surface area contributed by atoms with E-state index in [-0.39, 0.29) is 18.3 Å². The van der Waals surface area contributed by atoms with Crippen molar-refractivity contribution in [1.29, 1.82) is 0 Å². The number of benzene rings is 2. The minimum Gasteiger partial charge on any atom is -0.354 e. The lowest BCUT2D eigenvalue weighted by molar-refractivity contribution is -0.137. The van der Waals surface area contributed by atoms with E-state index in [0.717, 1.165) is 17.7 Å². The van der Waals surface area contributed by atoms with Crippen LogP contribution in [0.1, 0.15) is 24.0 Å². The van der Waals surface area contributed by atoms with Crippen LogP contribution < -0.4 is 10.6 Å². The molecule has 2 heterocycles. The Morgan fingerprint density at radius 1 is 1.12 bits per heavy atom. The molecular weight excluding hydrogens is 437 g/mol. The summed E-state index contributed by atoms with van der Waals surface area (Å²) in [5.41, 5.74) is 0.409. The number of urea groups is 1. The molecule has 1 fully saturated rings. The third-order valence-electron chi connectivity index (χ3n) is 5.27. The van der Waals surface area contributed by atoms with Crippen LogP contribution in [0, 0.1) is 0 Å². The number of nitrogens with zero attached hydrogens (tertiary/aromatic N) is 2. The standard InChI is InChI=1S/C23H21F3N4O3/c24-23(25,26)17-9-4-6-15(12-17)14-30-11-5-10-18(21(30)31)27-22(32)28-20-13-19(33-29-20)16-7-2-1-3-8-16/h1-4,6-9,12-13,18H,5,10-11,14H2,(H2,27,28,29,32). The number of alkyl halides is 3. The first kappa shape index (κ1) is 22.4. The summed E-state index contributed by atoms with van der Waals surface area (Å²) < 4.78 is 44.1. The van der Waals surface area contributed by atoms with E-state index < -0.39 is 23.8 Å². The number of aromatic nitrogens is 1. The maximum atomic E-state index is 13.0. The van der Waals surface area contributed by atoms with Crippen LogP contribution in [-0.2, 0) is 17.5 Å². The second-order valence-corrected chi connectivity index (χ2v) is 7.69. The number of carbonyl (C=O) groups excluding carboxylic acids is 2. The molecule has 0 radical (unpaired) electrons. The van der Waals surface area contributed by atoms with Gasteiger partial charge >= 0.3 is 12.2 Å².